The van der Waals surface area contributed by atoms with Crippen molar-refractivity contribution in [3.05, 3.63) is 23.3 Å². The van der Waals surface area contributed by atoms with Crippen molar-refractivity contribution in [1.82, 2.24) is 10.6 Å². The molecule has 2 aliphatic rings. The number of carbonyl (C=O) groups is 1. The maximum atomic E-state index is 12.2. The number of amides is 1. The van der Waals surface area contributed by atoms with E-state index in [1.165, 1.54) is 5.56 Å². The molecule has 1 amide bonds. The van der Waals surface area contributed by atoms with Gasteiger partial charge < -0.3 is 24.8 Å². The lowest BCUT2D eigenvalue weighted by atomic mass is 10.1. The predicted molar refractivity (Wildman–Crippen MR) is 97.7 cm³/mol. The zero-order valence-electron chi connectivity index (χ0n) is 14.8. The van der Waals surface area contributed by atoms with Gasteiger partial charge in [-0.25, -0.2) is 0 Å². The van der Waals surface area contributed by atoms with Crippen LogP contribution in [0.25, 0.3) is 0 Å². The van der Waals surface area contributed by atoms with Crippen molar-refractivity contribution in [2.75, 3.05) is 26.4 Å². The predicted octanol–water partition coefficient (Wildman–Crippen LogP) is 1.83. The van der Waals surface area contributed by atoms with Crippen LogP contribution in [-0.4, -0.2) is 44.4 Å². The van der Waals surface area contributed by atoms with Gasteiger partial charge in [0.05, 0.1) is 19.8 Å². The Balaban J connectivity index is 0.00000225. The van der Waals surface area contributed by atoms with Gasteiger partial charge in [0.15, 0.2) is 0 Å². The summed E-state index contributed by atoms with van der Waals surface area (Å²) in [5.41, 5.74) is 2.12. The van der Waals surface area contributed by atoms with Gasteiger partial charge in [0, 0.05) is 43.1 Å². The Kier molecular flexibility index (Phi) is 7.35. The van der Waals surface area contributed by atoms with Gasteiger partial charge in [-0.3, -0.25) is 4.79 Å². The molecule has 1 fully saturated rings. The van der Waals surface area contributed by atoms with E-state index < -0.39 is 0 Å². The summed E-state index contributed by atoms with van der Waals surface area (Å²) >= 11 is 0. The number of morpholine rings is 1. The Morgan fingerprint density at radius 2 is 2.28 bits per heavy atom. The summed E-state index contributed by atoms with van der Waals surface area (Å²) in [5.74, 6) is 1.74. The molecule has 25 heavy (non-hydrogen) atoms. The van der Waals surface area contributed by atoms with E-state index in [1.54, 1.807) is 0 Å². The number of hydrogen-bond donors (Lipinski definition) is 2. The van der Waals surface area contributed by atoms with E-state index in [4.69, 9.17) is 14.2 Å². The molecule has 0 spiro atoms. The number of carbonyl (C=O) groups excluding carboxylic acids is 1. The molecule has 0 radical (unpaired) electrons. The SMILES string of the molecule is CCOc1cc2c(cc1CNC(=O)CC1COCCN1)OC(C)C2.Cl. The molecule has 2 heterocycles. The molecule has 7 heteroatoms. The molecule has 0 aliphatic carbocycles. The van der Waals surface area contributed by atoms with Crippen LogP contribution < -0.4 is 20.1 Å². The second-order valence-electron chi connectivity index (χ2n) is 6.34. The Morgan fingerprint density at radius 1 is 1.44 bits per heavy atom. The fraction of sp³-hybridized carbons (Fsp3) is 0.611. The van der Waals surface area contributed by atoms with Gasteiger partial charge in [-0.05, 0) is 26.0 Å². The van der Waals surface area contributed by atoms with E-state index in [1.807, 2.05) is 19.1 Å². The highest BCUT2D eigenvalue weighted by atomic mass is 35.5. The Bertz CT molecular complexity index is 591. The number of ether oxygens (including phenoxy) is 3. The molecule has 2 aliphatic heterocycles. The minimum atomic E-state index is 0. The van der Waals surface area contributed by atoms with Gasteiger partial charge >= 0.3 is 0 Å². The zero-order valence-corrected chi connectivity index (χ0v) is 15.6. The average molecular weight is 371 g/mol. The van der Waals surface area contributed by atoms with Crippen LogP contribution in [0.1, 0.15) is 31.4 Å². The summed E-state index contributed by atoms with van der Waals surface area (Å²) in [5, 5.41) is 6.27. The second kappa shape index (κ2) is 9.27. The summed E-state index contributed by atoms with van der Waals surface area (Å²) < 4.78 is 16.9. The molecule has 2 unspecified atom stereocenters. The molecule has 2 atom stereocenters. The van der Waals surface area contributed by atoms with Crippen LogP contribution in [0.4, 0.5) is 0 Å². The van der Waals surface area contributed by atoms with Crippen molar-refractivity contribution < 1.29 is 19.0 Å². The van der Waals surface area contributed by atoms with Crippen molar-refractivity contribution in [2.24, 2.45) is 0 Å². The summed E-state index contributed by atoms with van der Waals surface area (Å²) in [7, 11) is 0. The maximum absolute atomic E-state index is 12.2. The van der Waals surface area contributed by atoms with Crippen LogP contribution in [0.5, 0.6) is 11.5 Å². The molecule has 6 nitrogen and oxygen atoms in total. The van der Waals surface area contributed by atoms with Crippen molar-refractivity contribution >= 4 is 18.3 Å². The monoisotopic (exact) mass is 370 g/mol. The highest BCUT2D eigenvalue weighted by molar-refractivity contribution is 5.85. The Hall–Kier alpha value is -1.50. The molecule has 3 rings (SSSR count). The molecule has 1 saturated heterocycles. The van der Waals surface area contributed by atoms with Crippen molar-refractivity contribution in [3.63, 3.8) is 0 Å². The first-order valence-corrected chi connectivity index (χ1v) is 8.68. The van der Waals surface area contributed by atoms with Crippen LogP contribution in [0.15, 0.2) is 12.1 Å². The maximum Gasteiger partial charge on any atom is 0.221 e. The minimum absolute atomic E-state index is 0. The number of fused-ring (bicyclic) bond motifs is 1. The highest BCUT2D eigenvalue weighted by Crippen LogP contribution is 2.35. The topological polar surface area (TPSA) is 68.8 Å². The van der Waals surface area contributed by atoms with Crippen molar-refractivity contribution in [2.45, 2.75) is 45.4 Å². The standard InChI is InChI=1S/C18H26N2O4.ClH/c1-3-23-16-7-13-6-12(2)24-17(13)8-14(16)10-20-18(21)9-15-11-22-5-4-19-15;/h7-8,12,15,19H,3-6,9-11H2,1-2H3,(H,20,21);1H. The van der Waals surface area contributed by atoms with Gasteiger partial charge in [-0.2, -0.15) is 0 Å². The lowest BCUT2D eigenvalue weighted by molar-refractivity contribution is -0.122. The summed E-state index contributed by atoms with van der Waals surface area (Å²) in [6, 6.07) is 4.13. The Morgan fingerprint density at radius 3 is 3.00 bits per heavy atom. The fourth-order valence-electron chi connectivity index (χ4n) is 3.15. The van der Waals surface area contributed by atoms with Crippen LogP contribution in [0.3, 0.4) is 0 Å². The van der Waals surface area contributed by atoms with E-state index in [2.05, 4.69) is 17.6 Å². The van der Waals surface area contributed by atoms with Crippen LogP contribution in [0.2, 0.25) is 0 Å². The number of benzene rings is 1. The van der Waals surface area contributed by atoms with E-state index in [0.29, 0.717) is 32.8 Å². The van der Waals surface area contributed by atoms with Gasteiger partial charge in [-0.15, -0.1) is 12.4 Å². The van der Waals surface area contributed by atoms with E-state index >= 15 is 0 Å². The summed E-state index contributed by atoms with van der Waals surface area (Å²) in [4.78, 5) is 12.2. The number of nitrogens with one attached hydrogen (secondary N) is 2. The summed E-state index contributed by atoms with van der Waals surface area (Å²) in [6.45, 7) is 7.15. The first-order chi connectivity index (χ1) is 11.7. The van der Waals surface area contributed by atoms with Crippen LogP contribution in [0, 0.1) is 0 Å². The molecule has 1 aromatic carbocycles. The van der Waals surface area contributed by atoms with Gasteiger partial charge in [0.2, 0.25) is 5.91 Å². The molecule has 0 bridgehead atoms. The van der Waals surface area contributed by atoms with Gasteiger partial charge in [-0.1, -0.05) is 0 Å². The lowest BCUT2D eigenvalue weighted by Crippen LogP contribution is -2.44. The zero-order chi connectivity index (χ0) is 16.9. The van der Waals surface area contributed by atoms with E-state index in [-0.39, 0.29) is 30.5 Å². The third kappa shape index (κ3) is 5.23. The third-order valence-electron chi connectivity index (χ3n) is 4.29. The van der Waals surface area contributed by atoms with E-state index in [0.717, 1.165) is 30.0 Å². The normalized spacial score (nSPS) is 21.7. The smallest absolute Gasteiger partial charge is 0.221 e. The first kappa shape index (κ1) is 19.8. The highest BCUT2D eigenvalue weighted by Gasteiger charge is 2.22. The molecular weight excluding hydrogens is 344 g/mol. The number of rotatable bonds is 6. The van der Waals surface area contributed by atoms with Crippen molar-refractivity contribution in [3.8, 4) is 11.5 Å². The lowest BCUT2D eigenvalue weighted by Gasteiger charge is -2.23. The molecule has 2 N–H and O–H groups in total. The third-order valence-corrected chi connectivity index (χ3v) is 4.29. The average Bonchev–Trinajstić information content (AvgIpc) is 2.93. The van der Waals surface area contributed by atoms with Gasteiger partial charge in [0.1, 0.15) is 17.6 Å². The quantitative estimate of drug-likeness (QED) is 0.799. The van der Waals surface area contributed by atoms with Crippen LogP contribution in [-0.2, 0) is 22.5 Å². The van der Waals surface area contributed by atoms with E-state index in [9.17, 15) is 4.79 Å². The fourth-order valence-corrected chi connectivity index (χ4v) is 3.15. The molecule has 0 saturated carbocycles. The van der Waals surface area contributed by atoms with Crippen molar-refractivity contribution in [1.29, 1.82) is 0 Å². The van der Waals surface area contributed by atoms with Crippen LogP contribution >= 0.6 is 12.4 Å². The van der Waals surface area contributed by atoms with Gasteiger partial charge in [0.25, 0.3) is 0 Å². The second-order valence-corrected chi connectivity index (χ2v) is 6.34. The largest absolute Gasteiger partial charge is 0.494 e. The molecule has 140 valence electrons. The molecule has 1 aromatic rings. The molecule has 0 aromatic heterocycles. The molecular formula is C18H27ClN2O4. The minimum Gasteiger partial charge on any atom is -0.494 e. The number of hydrogen-bond acceptors (Lipinski definition) is 5. The number of halogens is 1. The Labute approximate surface area is 155 Å². The first-order valence-electron chi connectivity index (χ1n) is 8.68. The summed E-state index contributed by atoms with van der Waals surface area (Å²) in [6.07, 6.45) is 1.51.